The van der Waals surface area contributed by atoms with Crippen LogP contribution in [0.15, 0.2) is 60.1 Å². The van der Waals surface area contributed by atoms with Gasteiger partial charge in [0, 0.05) is 33.8 Å². The Kier molecular flexibility index (Phi) is 6.51. The molecule has 0 aliphatic carbocycles. The Labute approximate surface area is 202 Å². The zero-order chi connectivity index (χ0) is 24.5. The summed E-state index contributed by atoms with van der Waals surface area (Å²) in [6, 6.07) is 10.0. The number of benzene rings is 2. The van der Waals surface area contributed by atoms with Crippen LogP contribution in [0, 0.1) is 6.92 Å². The molecule has 1 atom stereocenters. The van der Waals surface area contributed by atoms with Gasteiger partial charge in [0.15, 0.2) is 0 Å². The third-order valence-electron chi connectivity index (χ3n) is 5.39. The molecule has 176 valence electrons. The van der Waals surface area contributed by atoms with Crippen LogP contribution in [0.4, 0.5) is 13.2 Å². The second kappa shape index (κ2) is 9.23. The molecule has 0 saturated heterocycles. The number of carbonyl (C=O) groups excluding carboxylic acids is 1. The fraction of sp³-hybridized carbons (Fsp3) is 0.217. The standard InChI is InChI=1S/C23H17Cl2F3N4O2/c1-13-6-14(2-3-19(13)21(33)30-11-18-4-5-29-12-31-18)20-10-22(34-32-20,23(26,27)28)15-7-16(24)9-17(25)8-15/h2-9,12H,10-11H2,1H3,(H,30,33). The van der Waals surface area contributed by atoms with Crippen molar-refractivity contribution < 1.29 is 22.8 Å². The number of nitrogens with one attached hydrogen (secondary N) is 1. The molecule has 11 heteroatoms. The van der Waals surface area contributed by atoms with Crippen LogP contribution in [0.3, 0.4) is 0 Å². The van der Waals surface area contributed by atoms with Crippen molar-refractivity contribution in [3.05, 3.63) is 93.0 Å². The predicted octanol–water partition coefficient (Wildman–Crippen LogP) is 5.60. The average molecular weight is 509 g/mol. The third-order valence-corrected chi connectivity index (χ3v) is 5.83. The van der Waals surface area contributed by atoms with Crippen LogP contribution in [0.25, 0.3) is 0 Å². The summed E-state index contributed by atoms with van der Waals surface area (Å²) in [6.45, 7) is 1.90. The fourth-order valence-corrected chi connectivity index (χ4v) is 4.16. The summed E-state index contributed by atoms with van der Waals surface area (Å²) in [5, 5.41) is 6.61. The molecule has 1 aliphatic heterocycles. The molecular formula is C23H17Cl2F3N4O2. The third kappa shape index (κ3) is 4.71. The molecule has 1 aliphatic rings. The molecule has 1 unspecified atom stereocenters. The Hall–Kier alpha value is -3.17. The van der Waals surface area contributed by atoms with Crippen molar-refractivity contribution in [3.63, 3.8) is 0 Å². The molecule has 0 radical (unpaired) electrons. The first-order chi connectivity index (χ1) is 16.1. The molecule has 0 fully saturated rings. The highest BCUT2D eigenvalue weighted by Crippen LogP contribution is 2.49. The van der Waals surface area contributed by atoms with Crippen molar-refractivity contribution in [3.8, 4) is 0 Å². The summed E-state index contributed by atoms with van der Waals surface area (Å²) in [5.41, 5.74) is -0.892. The van der Waals surface area contributed by atoms with Crippen molar-refractivity contribution in [1.29, 1.82) is 0 Å². The van der Waals surface area contributed by atoms with Gasteiger partial charge in [-0.15, -0.1) is 0 Å². The van der Waals surface area contributed by atoms with Gasteiger partial charge in [0.1, 0.15) is 6.33 Å². The Balaban J connectivity index is 1.56. The Morgan fingerprint density at radius 2 is 1.88 bits per heavy atom. The Morgan fingerprint density at radius 1 is 1.15 bits per heavy atom. The van der Waals surface area contributed by atoms with E-state index in [2.05, 4.69) is 20.4 Å². The van der Waals surface area contributed by atoms with E-state index in [0.29, 0.717) is 22.4 Å². The number of carbonyl (C=O) groups is 1. The predicted molar refractivity (Wildman–Crippen MR) is 121 cm³/mol. The highest BCUT2D eigenvalue weighted by molar-refractivity contribution is 6.34. The van der Waals surface area contributed by atoms with E-state index in [1.165, 1.54) is 24.5 Å². The highest BCUT2D eigenvalue weighted by atomic mass is 35.5. The molecule has 0 bridgehead atoms. The minimum atomic E-state index is -4.79. The van der Waals surface area contributed by atoms with Crippen LogP contribution >= 0.6 is 23.2 Å². The minimum absolute atomic E-state index is 0.0522. The van der Waals surface area contributed by atoms with E-state index in [4.69, 9.17) is 28.0 Å². The van der Waals surface area contributed by atoms with Crippen molar-refractivity contribution in [1.82, 2.24) is 15.3 Å². The van der Waals surface area contributed by atoms with Crippen LogP contribution in [-0.2, 0) is 17.0 Å². The molecule has 34 heavy (non-hydrogen) atoms. The van der Waals surface area contributed by atoms with E-state index in [0.717, 1.165) is 12.1 Å². The summed E-state index contributed by atoms with van der Waals surface area (Å²) < 4.78 is 42.5. The Morgan fingerprint density at radius 3 is 2.50 bits per heavy atom. The number of aromatic nitrogens is 2. The van der Waals surface area contributed by atoms with Crippen molar-refractivity contribution in [2.45, 2.75) is 31.7 Å². The van der Waals surface area contributed by atoms with E-state index in [1.54, 1.807) is 25.3 Å². The summed E-state index contributed by atoms with van der Waals surface area (Å²) in [6.07, 6.45) is -2.42. The first-order valence-corrected chi connectivity index (χ1v) is 10.8. The summed E-state index contributed by atoms with van der Waals surface area (Å²) in [4.78, 5) is 25.5. The SMILES string of the molecule is Cc1cc(C2=NOC(c3cc(Cl)cc(Cl)c3)(C(F)(F)F)C2)ccc1C(=O)NCc1ccncn1. The number of alkyl halides is 3. The molecule has 1 amide bonds. The molecule has 2 aromatic carbocycles. The average Bonchev–Trinajstić information content (AvgIpc) is 3.25. The second-order valence-corrected chi connectivity index (χ2v) is 8.57. The second-order valence-electron chi connectivity index (χ2n) is 7.70. The maximum Gasteiger partial charge on any atom is 0.435 e. The van der Waals surface area contributed by atoms with Crippen molar-refractivity contribution >= 4 is 34.8 Å². The van der Waals surface area contributed by atoms with Crippen LogP contribution < -0.4 is 5.32 Å². The number of nitrogens with zero attached hydrogens (tertiary/aromatic N) is 3. The van der Waals surface area contributed by atoms with Crippen LogP contribution in [0.1, 0.15) is 39.2 Å². The van der Waals surface area contributed by atoms with Gasteiger partial charge < -0.3 is 10.2 Å². The number of aryl methyl sites for hydroxylation is 1. The number of halogens is 5. The van der Waals surface area contributed by atoms with Crippen LogP contribution in [-0.4, -0.2) is 27.8 Å². The number of hydrogen-bond acceptors (Lipinski definition) is 5. The summed E-state index contributed by atoms with van der Waals surface area (Å²) in [7, 11) is 0. The minimum Gasteiger partial charge on any atom is -0.374 e. The topological polar surface area (TPSA) is 76.5 Å². The first kappa shape index (κ1) is 24.0. The maximum absolute atomic E-state index is 14.2. The van der Waals surface area contributed by atoms with E-state index < -0.39 is 18.2 Å². The van der Waals surface area contributed by atoms with Crippen LogP contribution in [0.5, 0.6) is 0 Å². The van der Waals surface area contributed by atoms with Crippen molar-refractivity contribution in [2.24, 2.45) is 5.16 Å². The van der Waals surface area contributed by atoms with Crippen LogP contribution in [0.2, 0.25) is 10.0 Å². The van der Waals surface area contributed by atoms with Gasteiger partial charge in [-0.3, -0.25) is 4.79 Å². The normalized spacial score (nSPS) is 17.8. The first-order valence-electron chi connectivity index (χ1n) is 10.0. The van der Waals surface area contributed by atoms with E-state index in [-0.39, 0.29) is 33.8 Å². The van der Waals surface area contributed by atoms with Gasteiger partial charge in [0.2, 0.25) is 0 Å². The maximum atomic E-state index is 14.2. The van der Waals surface area contributed by atoms with E-state index in [1.807, 2.05) is 0 Å². The van der Waals surface area contributed by atoms with Gasteiger partial charge in [0.05, 0.1) is 18.0 Å². The van der Waals surface area contributed by atoms with Gasteiger partial charge in [-0.05, 0) is 54.4 Å². The summed E-state index contributed by atoms with van der Waals surface area (Å²) >= 11 is 11.9. The number of oxime groups is 1. The molecule has 3 aromatic rings. The molecule has 0 spiro atoms. The molecule has 2 heterocycles. The molecule has 4 rings (SSSR count). The highest BCUT2D eigenvalue weighted by Gasteiger charge is 2.62. The lowest BCUT2D eigenvalue weighted by atomic mass is 9.86. The molecule has 0 saturated carbocycles. The lowest BCUT2D eigenvalue weighted by Crippen LogP contribution is -2.42. The van der Waals surface area contributed by atoms with Gasteiger partial charge in [-0.2, -0.15) is 13.2 Å². The zero-order valence-electron chi connectivity index (χ0n) is 17.7. The monoisotopic (exact) mass is 508 g/mol. The van der Waals surface area contributed by atoms with Gasteiger partial charge in [-0.1, -0.05) is 34.4 Å². The quantitative estimate of drug-likeness (QED) is 0.486. The number of rotatable bonds is 5. The molecule has 1 N–H and O–H groups in total. The lowest BCUT2D eigenvalue weighted by molar-refractivity contribution is -0.275. The van der Waals surface area contributed by atoms with E-state index >= 15 is 0 Å². The lowest BCUT2D eigenvalue weighted by Gasteiger charge is -2.29. The van der Waals surface area contributed by atoms with E-state index in [9.17, 15) is 18.0 Å². The van der Waals surface area contributed by atoms with Gasteiger partial charge >= 0.3 is 6.18 Å². The molecule has 1 aromatic heterocycles. The zero-order valence-corrected chi connectivity index (χ0v) is 19.2. The fourth-order valence-electron chi connectivity index (χ4n) is 3.63. The molecule has 6 nitrogen and oxygen atoms in total. The van der Waals surface area contributed by atoms with Gasteiger partial charge in [-0.25, -0.2) is 9.97 Å². The summed E-state index contributed by atoms with van der Waals surface area (Å²) in [5.74, 6) is -0.342. The smallest absolute Gasteiger partial charge is 0.374 e. The molecular weight excluding hydrogens is 492 g/mol. The number of amides is 1. The van der Waals surface area contributed by atoms with Gasteiger partial charge in [0.25, 0.3) is 11.5 Å². The Bertz CT molecular complexity index is 1250. The largest absolute Gasteiger partial charge is 0.435 e. The number of hydrogen-bond donors (Lipinski definition) is 1. The van der Waals surface area contributed by atoms with Crippen molar-refractivity contribution in [2.75, 3.05) is 0 Å².